The average Bonchev–Trinajstić information content (AvgIpc) is 2.36. The van der Waals surface area contributed by atoms with Gasteiger partial charge in [0.15, 0.2) is 0 Å². The van der Waals surface area contributed by atoms with E-state index >= 15 is 0 Å². The monoisotopic (exact) mass is 156 g/mol. The first-order valence-corrected chi connectivity index (χ1v) is 4.46. The van der Waals surface area contributed by atoms with Crippen LogP contribution in [-0.4, -0.2) is 17.0 Å². The highest BCUT2D eigenvalue weighted by atomic mass is 16.3. The summed E-state index contributed by atoms with van der Waals surface area (Å²) >= 11 is 0. The standard InChI is InChI=1S/C9H16O2/c1-2-4-8(10)7-5-3-6-9(7)11/h7-8,10H,2-6H2,1H3/t7-,8-/m1/s1. The summed E-state index contributed by atoms with van der Waals surface area (Å²) in [5.41, 5.74) is 0. The minimum Gasteiger partial charge on any atom is -0.392 e. The molecule has 1 rings (SSSR count). The van der Waals surface area contributed by atoms with E-state index in [9.17, 15) is 9.90 Å². The molecule has 0 aliphatic heterocycles. The molecule has 2 atom stereocenters. The molecule has 1 aliphatic carbocycles. The van der Waals surface area contributed by atoms with Gasteiger partial charge in [0.25, 0.3) is 0 Å². The van der Waals surface area contributed by atoms with Crippen LogP contribution in [0.1, 0.15) is 39.0 Å². The van der Waals surface area contributed by atoms with Gasteiger partial charge < -0.3 is 5.11 Å². The van der Waals surface area contributed by atoms with Gasteiger partial charge in [0.05, 0.1) is 6.10 Å². The molecule has 2 nitrogen and oxygen atoms in total. The molecule has 1 aliphatic rings. The Balaban J connectivity index is 2.39. The van der Waals surface area contributed by atoms with Gasteiger partial charge in [-0.1, -0.05) is 13.3 Å². The number of Topliss-reactive ketones (excluding diaryl/α,β-unsaturated/α-hetero) is 1. The van der Waals surface area contributed by atoms with Crippen LogP contribution in [0.5, 0.6) is 0 Å². The largest absolute Gasteiger partial charge is 0.392 e. The third-order valence-corrected chi connectivity index (χ3v) is 2.40. The third kappa shape index (κ3) is 2.03. The molecule has 1 N–H and O–H groups in total. The molecule has 0 spiro atoms. The van der Waals surface area contributed by atoms with Crippen molar-refractivity contribution in [3.05, 3.63) is 0 Å². The Morgan fingerprint density at radius 1 is 1.73 bits per heavy atom. The first-order chi connectivity index (χ1) is 5.25. The number of aliphatic hydroxyl groups excluding tert-OH is 1. The average molecular weight is 156 g/mol. The molecular formula is C9H16O2. The van der Waals surface area contributed by atoms with Crippen molar-refractivity contribution in [1.29, 1.82) is 0 Å². The van der Waals surface area contributed by atoms with Crippen molar-refractivity contribution in [2.24, 2.45) is 5.92 Å². The highest BCUT2D eigenvalue weighted by Gasteiger charge is 2.29. The van der Waals surface area contributed by atoms with Crippen molar-refractivity contribution < 1.29 is 9.90 Å². The fourth-order valence-electron chi connectivity index (χ4n) is 1.75. The number of carbonyl (C=O) groups is 1. The van der Waals surface area contributed by atoms with Crippen molar-refractivity contribution in [3.63, 3.8) is 0 Å². The molecule has 0 bridgehead atoms. The molecule has 0 amide bonds. The number of ketones is 1. The molecule has 11 heavy (non-hydrogen) atoms. The molecule has 2 heteroatoms. The highest BCUT2D eigenvalue weighted by molar-refractivity contribution is 5.83. The summed E-state index contributed by atoms with van der Waals surface area (Å²) in [7, 11) is 0. The van der Waals surface area contributed by atoms with Crippen LogP contribution in [-0.2, 0) is 4.79 Å². The van der Waals surface area contributed by atoms with Gasteiger partial charge in [-0.2, -0.15) is 0 Å². The molecule has 0 aromatic rings. The Kier molecular flexibility index (Phi) is 3.06. The molecule has 64 valence electrons. The van der Waals surface area contributed by atoms with Crippen molar-refractivity contribution in [1.82, 2.24) is 0 Å². The molecule has 0 heterocycles. The number of hydrogen-bond acceptors (Lipinski definition) is 2. The minimum atomic E-state index is -0.366. The number of hydrogen-bond donors (Lipinski definition) is 1. The van der Waals surface area contributed by atoms with Crippen LogP contribution < -0.4 is 0 Å². The van der Waals surface area contributed by atoms with E-state index < -0.39 is 0 Å². The molecule has 0 radical (unpaired) electrons. The number of aliphatic hydroxyl groups is 1. The predicted octanol–water partition coefficient (Wildman–Crippen LogP) is 1.52. The normalized spacial score (nSPS) is 27.5. The smallest absolute Gasteiger partial charge is 0.138 e. The molecule has 0 saturated heterocycles. The van der Waals surface area contributed by atoms with Crippen LogP contribution in [0.3, 0.4) is 0 Å². The molecule has 1 fully saturated rings. The van der Waals surface area contributed by atoms with Gasteiger partial charge in [0.1, 0.15) is 5.78 Å². The Labute approximate surface area is 67.6 Å². The van der Waals surface area contributed by atoms with Gasteiger partial charge in [0.2, 0.25) is 0 Å². The molecule has 1 saturated carbocycles. The zero-order valence-electron chi connectivity index (χ0n) is 7.05. The lowest BCUT2D eigenvalue weighted by molar-refractivity contribution is -0.123. The summed E-state index contributed by atoms with van der Waals surface area (Å²) in [5, 5.41) is 9.50. The molecule has 0 unspecified atom stereocenters. The lowest BCUT2D eigenvalue weighted by Crippen LogP contribution is -2.23. The summed E-state index contributed by atoms with van der Waals surface area (Å²) in [6, 6.07) is 0. The van der Waals surface area contributed by atoms with Crippen LogP contribution in [0.4, 0.5) is 0 Å². The van der Waals surface area contributed by atoms with E-state index in [0.29, 0.717) is 6.42 Å². The lowest BCUT2D eigenvalue weighted by atomic mass is 9.96. The van der Waals surface area contributed by atoms with Gasteiger partial charge in [0, 0.05) is 12.3 Å². The number of rotatable bonds is 3. The second-order valence-electron chi connectivity index (χ2n) is 3.32. The maximum absolute atomic E-state index is 11.1. The van der Waals surface area contributed by atoms with Gasteiger partial charge >= 0.3 is 0 Å². The molecular weight excluding hydrogens is 140 g/mol. The zero-order chi connectivity index (χ0) is 8.27. The summed E-state index contributed by atoms with van der Waals surface area (Å²) in [6.45, 7) is 2.03. The summed E-state index contributed by atoms with van der Waals surface area (Å²) < 4.78 is 0. The van der Waals surface area contributed by atoms with E-state index in [1.807, 2.05) is 6.92 Å². The maximum Gasteiger partial charge on any atom is 0.138 e. The van der Waals surface area contributed by atoms with Crippen molar-refractivity contribution in [2.75, 3.05) is 0 Å². The summed E-state index contributed by atoms with van der Waals surface area (Å²) in [4.78, 5) is 11.1. The Bertz CT molecular complexity index is 142. The summed E-state index contributed by atoms with van der Waals surface area (Å²) in [6.07, 6.45) is 3.94. The Morgan fingerprint density at radius 3 is 2.91 bits per heavy atom. The topological polar surface area (TPSA) is 37.3 Å². The summed E-state index contributed by atoms with van der Waals surface area (Å²) in [5.74, 6) is 0.237. The van der Waals surface area contributed by atoms with E-state index in [-0.39, 0.29) is 17.8 Å². The van der Waals surface area contributed by atoms with Crippen LogP contribution in [0.2, 0.25) is 0 Å². The van der Waals surface area contributed by atoms with Crippen LogP contribution in [0.25, 0.3) is 0 Å². The fraction of sp³-hybridized carbons (Fsp3) is 0.889. The van der Waals surface area contributed by atoms with Gasteiger partial charge in [-0.05, 0) is 19.3 Å². The predicted molar refractivity (Wildman–Crippen MR) is 43.3 cm³/mol. The molecule has 0 aromatic heterocycles. The zero-order valence-corrected chi connectivity index (χ0v) is 7.05. The van der Waals surface area contributed by atoms with Crippen molar-refractivity contribution in [2.45, 2.75) is 45.1 Å². The van der Waals surface area contributed by atoms with Crippen LogP contribution in [0.15, 0.2) is 0 Å². The SMILES string of the molecule is CCC[C@@H](O)[C@H]1CCCC1=O. The third-order valence-electron chi connectivity index (χ3n) is 2.40. The van der Waals surface area contributed by atoms with E-state index in [1.165, 1.54) is 0 Å². The molecule has 0 aromatic carbocycles. The van der Waals surface area contributed by atoms with Crippen LogP contribution in [0, 0.1) is 5.92 Å². The first-order valence-electron chi connectivity index (χ1n) is 4.46. The van der Waals surface area contributed by atoms with Crippen molar-refractivity contribution in [3.8, 4) is 0 Å². The maximum atomic E-state index is 11.1. The number of carbonyl (C=O) groups excluding carboxylic acids is 1. The Morgan fingerprint density at radius 2 is 2.45 bits per heavy atom. The second kappa shape index (κ2) is 3.86. The van der Waals surface area contributed by atoms with Gasteiger partial charge in [-0.25, -0.2) is 0 Å². The van der Waals surface area contributed by atoms with Crippen LogP contribution >= 0.6 is 0 Å². The van der Waals surface area contributed by atoms with E-state index in [4.69, 9.17) is 0 Å². The van der Waals surface area contributed by atoms with E-state index in [2.05, 4.69) is 0 Å². The van der Waals surface area contributed by atoms with E-state index in [0.717, 1.165) is 25.7 Å². The fourth-order valence-corrected chi connectivity index (χ4v) is 1.75. The second-order valence-corrected chi connectivity index (χ2v) is 3.32. The quantitative estimate of drug-likeness (QED) is 0.672. The minimum absolute atomic E-state index is 0.0325. The highest BCUT2D eigenvalue weighted by Crippen LogP contribution is 2.26. The first kappa shape index (κ1) is 8.72. The lowest BCUT2D eigenvalue weighted by Gasteiger charge is -2.14. The van der Waals surface area contributed by atoms with E-state index in [1.54, 1.807) is 0 Å². The Hall–Kier alpha value is -0.370. The van der Waals surface area contributed by atoms with Crippen molar-refractivity contribution >= 4 is 5.78 Å². The van der Waals surface area contributed by atoms with Gasteiger partial charge in [-0.15, -0.1) is 0 Å². The van der Waals surface area contributed by atoms with Gasteiger partial charge in [-0.3, -0.25) is 4.79 Å².